The van der Waals surface area contributed by atoms with Gasteiger partial charge in [0.15, 0.2) is 0 Å². The second-order valence-electron chi connectivity index (χ2n) is 7.27. The van der Waals surface area contributed by atoms with Gasteiger partial charge in [0.05, 0.1) is 5.54 Å². The lowest BCUT2D eigenvalue weighted by molar-refractivity contribution is 0.0378. The fourth-order valence-corrected chi connectivity index (χ4v) is 2.59. The van der Waals surface area contributed by atoms with E-state index in [1.807, 2.05) is 20.8 Å². The summed E-state index contributed by atoms with van der Waals surface area (Å²) >= 11 is 0. The third-order valence-corrected chi connectivity index (χ3v) is 4.17. The number of hydrogen-bond acceptors (Lipinski definition) is 3. The first-order valence-electron chi connectivity index (χ1n) is 7.54. The third kappa shape index (κ3) is 4.37. The molecule has 1 unspecified atom stereocenters. The summed E-state index contributed by atoms with van der Waals surface area (Å²) in [6, 6.07) is 0.568. The van der Waals surface area contributed by atoms with Crippen molar-refractivity contribution in [2.75, 3.05) is 6.54 Å². The zero-order valence-corrected chi connectivity index (χ0v) is 12.7. The molecule has 0 heterocycles. The van der Waals surface area contributed by atoms with Crippen LogP contribution < -0.4 is 10.6 Å². The van der Waals surface area contributed by atoms with Crippen LogP contribution in [0, 0.1) is 5.92 Å². The molecule has 4 nitrogen and oxygen atoms in total. The van der Waals surface area contributed by atoms with Gasteiger partial charge in [-0.15, -0.1) is 0 Å². The van der Waals surface area contributed by atoms with E-state index in [0.29, 0.717) is 6.04 Å². The Morgan fingerprint density at radius 1 is 1.37 bits per heavy atom. The summed E-state index contributed by atoms with van der Waals surface area (Å²) in [5, 5.41) is 6.66. The summed E-state index contributed by atoms with van der Waals surface area (Å²) in [6.07, 6.45) is 5.71. The van der Waals surface area contributed by atoms with Gasteiger partial charge in [0.2, 0.25) is 0 Å². The van der Waals surface area contributed by atoms with Crippen LogP contribution in [0.2, 0.25) is 0 Å². The average Bonchev–Trinajstić information content (AvgIpc) is 3.01. The number of carbonyl (C=O) groups excluding carboxylic acids is 1. The van der Waals surface area contributed by atoms with Crippen LogP contribution in [0.5, 0.6) is 0 Å². The molecule has 110 valence electrons. The lowest BCUT2D eigenvalue weighted by Crippen LogP contribution is -2.60. The number of amides is 1. The molecule has 0 aromatic heterocycles. The van der Waals surface area contributed by atoms with Crippen molar-refractivity contribution in [1.29, 1.82) is 0 Å². The van der Waals surface area contributed by atoms with Crippen LogP contribution >= 0.6 is 0 Å². The molecule has 2 rings (SSSR count). The summed E-state index contributed by atoms with van der Waals surface area (Å²) < 4.78 is 5.36. The van der Waals surface area contributed by atoms with E-state index in [1.165, 1.54) is 19.3 Å². The standard InChI is InChI=1S/C15H28N2O2/c1-11(12-6-7-12)16-10-15(8-5-9-15)17-13(18)19-14(2,3)4/h11-12,16H,5-10H2,1-4H3,(H,17,18). The first-order chi connectivity index (χ1) is 8.80. The highest BCUT2D eigenvalue weighted by Gasteiger charge is 2.40. The summed E-state index contributed by atoms with van der Waals surface area (Å²) in [4.78, 5) is 11.9. The SMILES string of the molecule is CC(NCC1(NC(=O)OC(C)(C)C)CCC1)C1CC1. The van der Waals surface area contributed by atoms with Crippen molar-refractivity contribution in [3.05, 3.63) is 0 Å². The quantitative estimate of drug-likeness (QED) is 0.806. The molecule has 2 fully saturated rings. The molecule has 0 radical (unpaired) electrons. The monoisotopic (exact) mass is 268 g/mol. The van der Waals surface area contributed by atoms with Crippen LogP contribution in [0.15, 0.2) is 0 Å². The van der Waals surface area contributed by atoms with Crippen LogP contribution in [0.3, 0.4) is 0 Å². The minimum absolute atomic E-state index is 0.0779. The van der Waals surface area contributed by atoms with Crippen molar-refractivity contribution < 1.29 is 9.53 Å². The smallest absolute Gasteiger partial charge is 0.408 e. The lowest BCUT2D eigenvalue weighted by Gasteiger charge is -2.43. The van der Waals surface area contributed by atoms with Crippen LogP contribution in [-0.4, -0.2) is 29.8 Å². The molecule has 2 aliphatic carbocycles. The van der Waals surface area contributed by atoms with Gasteiger partial charge in [-0.3, -0.25) is 0 Å². The molecule has 2 N–H and O–H groups in total. The fourth-order valence-electron chi connectivity index (χ4n) is 2.59. The maximum absolute atomic E-state index is 11.9. The second-order valence-corrected chi connectivity index (χ2v) is 7.27. The number of hydrogen-bond donors (Lipinski definition) is 2. The van der Waals surface area contributed by atoms with Gasteiger partial charge in [-0.1, -0.05) is 0 Å². The molecule has 1 amide bonds. The van der Waals surface area contributed by atoms with Crippen molar-refractivity contribution in [3.8, 4) is 0 Å². The van der Waals surface area contributed by atoms with E-state index in [-0.39, 0.29) is 11.6 Å². The van der Waals surface area contributed by atoms with E-state index in [2.05, 4.69) is 17.6 Å². The average molecular weight is 268 g/mol. The van der Waals surface area contributed by atoms with Gasteiger partial charge >= 0.3 is 6.09 Å². The van der Waals surface area contributed by atoms with Gasteiger partial charge < -0.3 is 15.4 Å². The molecule has 0 aromatic carbocycles. The largest absolute Gasteiger partial charge is 0.444 e. The number of carbonyl (C=O) groups is 1. The maximum atomic E-state index is 11.9. The summed E-state index contributed by atoms with van der Waals surface area (Å²) in [5.74, 6) is 0.846. The molecule has 4 heteroatoms. The molecule has 19 heavy (non-hydrogen) atoms. The van der Waals surface area contributed by atoms with E-state index in [9.17, 15) is 4.79 Å². The van der Waals surface area contributed by atoms with Crippen LogP contribution in [0.4, 0.5) is 4.79 Å². The molecular formula is C15H28N2O2. The topological polar surface area (TPSA) is 50.4 Å². The van der Waals surface area contributed by atoms with E-state index in [4.69, 9.17) is 4.74 Å². The van der Waals surface area contributed by atoms with Crippen LogP contribution in [-0.2, 0) is 4.74 Å². The summed E-state index contributed by atoms with van der Waals surface area (Å²) in [5.41, 5.74) is -0.505. The first-order valence-corrected chi connectivity index (χ1v) is 7.54. The van der Waals surface area contributed by atoms with Crippen molar-refractivity contribution in [2.24, 2.45) is 5.92 Å². The second kappa shape index (κ2) is 5.31. The Kier molecular flexibility index (Phi) is 4.09. The van der Waals surface area contributed by atoms with Gasteiger partial charge in [-0.05, 0) is 65.7 Å². The van der Waals surface area contributed by atoms with Gasteiger partial charge in [0.25, 0.3) is 0 Å². The van der Waals surface area contributed by atoms with Gasteiger partial charge in [0, 0.05) is 12.6 Å². The molecule has 0 aliphatic heterocycles. The van der Waals surface area contributed by atoms with Crippen molar-refractivity contribution in [2.45, 2.75) is 77.0 Å². The predicted molar refractivity (Wildman–Crippen MR) is 76.1 cm³/mol. The van der Waals surface area contributed by atoms with E-state index < -0.39 is 5.60 Å². The normalized spacial score (nSPS) is 23.4. The van der Waals surface area contributed by atoms with Crippen LogP contribution in [0.1, 0.15) is 59.8 Å². The minimum atomic E-state index is -0.427. The Morgan fingerprint density at radius 2 is 2.00 bits per heavy atom. The Hall–Kier alpha value is -0.770. The molecule has 2 saturated carbocycles. The Balaban J connectivity index is 1.78. The zero-order chi connectivity index (χ0) is 14.1. The van der Waals surface area contributed by atoms with E-state index >= 15 is 0 Å². The summed E-state index contributed by atoms with van der Waals surface area (Å²) in [7, 11) is 0. The van der Waals surface area contributed by atoms with Crippen molar-refractivity contribution in [1.82, 2.24) is 10.6 Å². The van der Waals surface area contributed by atoms with E-state index in [0.717, 1.165) is 25.3 Å². The Bertz CT molecular complexity index is 328. The van der Waals surface area contributed by atoms with Crippen molar-refractivity contribution in [3.63, 3.8) is 0 Å². The molecular weight excluding hydrogens is 240 g/mol. The molecule has 0 saturated heterocycles. The molecule has 0 bridgehead atoms. The molecule has 0 aromatic rings. The first kappa shape index (κ1) is 14.6. The highest BCUT2D eigenvalue weighted by Crippen LogP contribution is 2.35. The fraction of sp³-hybridized carbons (Fsp3) is 0.933. The van der Waals surface area contributed by atoms with Gasteiger partial charge in [-0.2, -0.15) is 0 Å². The number of alkyl carbamates (subject to hydrolysis) is 1. The minimum Gasteiger partial charge on any atom is -0.444 e. The van der Waals surface area contributed by atoms with E-state index in [1.54, 1.807) is 0 Å². The third-order valence-electron chi connectivity index (χ3n) is 4.17. The Labute approximate surface area is 116 Å². The number of rotatable bonds is 5. The molecule has 0 spiro atoms. The highest BCUT2D eigenvalue weighted by atomic mass is 16.6. The number of nitrogens with one attached hydrogen (secondary N) is 2. The predicted octanol–water partition coefficient (Wildman–Crippen LogP) is 2.82. The highest BCUT2D eigenvalue weighted by molar-refractivity contribution is 5.69. The maximum Gasteiger partial charge on any atom is 0.408 e. The number of ether oxygens (including phenoxy) is 1. The van der Waals surface area contributed by atoms with Crippen LogP contribution in [0.25, 0.3) is 0 Å². The zero-order valence-electron chi connectivity index (χ0n) is 12.7. The Morgan fingerprint density at radius 3 is 2.42 bits per heavy atom. The van der Waals surface area contributed by atoms with Gasteiger partial charge in [0.1, 0.15) is 5.60 Å². The lowest BCUT2D eigenvalue weighted by atomic mass is 9.76. The van der Waals surface area contributed by atoms with Crippen molar-refractivity contribution >= 4 is 6.09 Å². The summed E-state index contributed by atoms with van der Waals surface area (Å²) in [6.45, 7) is 8.80. The molecule has 2 aliphatic rings. The molecule has 1 atom stereocenters. The van der Waals surface area contributed by atoms with Gasteiger partial charge in [-0.25, -0.2) is 4.79 Å².